The van der Waals surface area contributed by atoms with E-state index in [2.05, 4.69) is 4.98 Å². The van der Waals surface area contributed by atoms with Crippen LogP contribution >= 0.6 is 0 Å². The zero-order valence-corrected chi connectivity index (χ0v) is 16.2. The fraction of sp³-hybridized carbons (Fsp3) is 0.700. The number of carbonyl (C=O) groups excluding carboxylic acids is 1. The number of H-pyrrole nitrogens is 1. The van der Waals surface area contributed by atoms with Crippen molar-refractivity contribution in [2.24, 2.45) is 5.41 Å². The van der Waals surface area contributed by atoms with Crippen molar-refractivity contribution >= 4 is 17.5 Å². The Kier molecular flexibility index (Phi) is 4.35. The summed E-state index contributed by atoms with van der Waals surface area (Å²) in [5.74, 6) is 0.788. The highest BCUT2D eigenvalue weighted by molar-refractivity contribution is 5.70. The Bertz CT molecular complexity index is 1000. The van der Waals surface area contributed by atoms with E-state index in [1.807, 2.05) is 13.8 Å². The third-order valence-corrected chi connectivity index (χ3v) is 6.63. The maximum absolute atomic E-state index is 12.9. The first-order chi connectivity index (χ1) is 13.0. The number of nitrogens with one attached hydrogen (secondary N) is 1. The Morgan fingerprint density at radius 3 is 2.52 bits per heavy atom. The van der Waals surface area contributed by atoms with Gasteiger partial charge in [0.2, 0.25) is 0 Å². The summed E-state index contributed by atoms with van der Waals surface area (Å²) in [7, 11) is 0. The SMILES string of the molecule is CCCn1c(=O)c2[nH]c(C34CCCC(C=O)(CC3)C4)nc2n(CCC)c1=O. The van der Waals surface area contributed by atoms with Crippen molar-refractivity contribution in [2.45, 2.75) is 83.7 Å². The van der Waals surface area contributed by atoms with Crippen LogP contribution in [0.2, 0.25) is 0 Å². The molecule has 2 fully saturated rings. The number of nitrogens with zero attached hydrogens (tertiary/aromatic N) is 3. The zero-order chi connectivity index (χ0) is 19.2. The molecule has 0 radical (unpaired) electrons. The molecule has 2 aromatic heterocycles. The second kappa shape index (κ2) is 6.46. The first-order valence-corrected chi connectivity index (χ1v) is 10.2. The lowest BCUT2D eigenvalue weighted by Crippen LogP contribution is -2.40. The Morgan fingerprint density at radius 2 is 1.81 bits per heavy atom. The van der Waals surface area contributed by atoms with E-state index in [0.717, 1.165) is 63.5 Å². The van der Waals surface area contributed by atoms with Crippen LogP contribution in [-0.2, 0) is 23.3 Å². The third-order valence-electron chi connectivity index (χ3n) is 6.63. The number of carbonyl (C=O) groups is 1. The van der Waals surface area contributed by atoms with Crippen LogP contribution in [0.15, 0.2) is 9.59 Å². The van der Waals surface area contributed by atoms with Crippen molar-refractivity contribution in [1.29, 1.82) is 0 Å². The van der Waals surface area contributed by atoms with Gasteiger partial charge < -0.3 is 9.78 Å². The second-order valence-electron chi connectivity index (χ2n) is 8.47. The molecule has 146 valence electrons. The average Bonchev–Trinajstić information content (AvgIpc) is 3.23. The van der Waals surface area contributed by atoms with E-state index in [9.17, 15) is 14.4 Å². The molecule has 2 aromatic rings. The lowest BCUT2D eigenvalue weighted by Gasteiger charge is -2.35. The highest BCUT2D eigenvalue weighted by Gasteiger charge is 2.53. The molecule has 27 heavy (non-hydrogen) atoms. The third kappa shape index (κ3) is 2.62. The first-order valence-electron chi connectivity index (χ1n) is 10.2. The van der Waals surface area contributed by atoms with E-state index >= 15 is 0 Å². The van der Waals surface area contributed by atoms with E-state index in [1.165, 1.54) is 4.57 Å². The fourth-order valence-corrected chi connectivity index (χ4v) is 5.29. The molecule has 0 saturated heterocycles. The molecule has 0 aliphatic heterocycles. The number of aryl methyl sites for hydroxylation is 1. The molecule has 7 nitrogen and oxygen atoms in total. The van der Waals surface area contributed by atoms with E-state index in [-0.39, 0.29) is 22.1 Å². The van der Waals surface area contributed by atoms with Crippen LogP contribution in [0, 0.1) is 5.41 Å². The van der Waals surface area contributed by atoms with E-state index in [0.29, 0.717) is 24.3 Å². The lowest BCUT2D eigenvalue weighted by molar-refractivity contribution is -0.117. The van der Waals surface area contributed by atoms with Gasteiger partial charge in [-0.15, -0.1) is 0 Å². The summed E-state index contributed by atoms with van der Waals surface area (Å²) in [5, 5.41) is 0. The molecule has 4 rings (SSSR count). The number of imidazole rings is 1. The van der Waals surface area contributed by atoms with Crippen LogP contribution in [-0.4, -0.2) is 25.4 Å². The van der Waals surface area contributed by atoms with Gasteiger partial charge in [-0.25, -0.2) is 9.78 Å². The molecule has 2 atom stereocenters. The van der Waals surface area contributed by atoms with Gasteiger partial charge in [-0.1, -0.05) is 20.3 Å². The number of hydrogen-bond donors (Lipinski definition) is 1. The second-order valence-corrected chi connectivity index (χ2v) is 8.47. The molecular weight excluding hydrogens is 344 g/mol. The van der Waals surface area contributed by atoms with Crippen LogP contribution in [0.5, 0.6) is 0 Å². The van der Waals surface area contributed by atoms with Crippen LogP contribution in [0.3, 0.4) is 0 Å². The van der Waals surface area contributed by atoms with E-state index < -0.39 is 0 Å². The molecule has 2 unspecified atom stereocenters. The van der Waals surface area contributed by atoms with Gasteiger partial charge >= 0.3 is 5.69 Å². The van der Waals surface area contributed by atoms with Gasteiger partial charge in [0.25, 0.3) is 5.56 Å². The molecule has 7 heteroatoms. The maximum Gasteiger partial charge on any atom is 0.332 e. The molecule has 1 N–H and O–H groups in total. The summed E-state index contributed by atoms with van der Waals surface area (Å²) in [6, 6.07) is 0. The van der Waals surface area contributed by atoms with Crippen molar-refractivity contribution in [3.8, 4) is 0 Å². The number of rotatable bonds is 6. The van der Waals surface area contributed by atoms with Gasteiger partial charge in [-0.2, -0.15) is 0 Å². The van der Waals surface area contributed by atoms with Crippen molar-refractivity contribution in [1.82, 2.24) is 19.1 Å². The molecule has 2 saturated carbocycles. The van der Waals surface area contributed by atoms with Gasteiger partial charge in [0.05, 0.1) is 0 Å². The highest BCUT2D eigenvalue weighted by atomic mass is 16.2. The van der Waals surface area contributed by atoms with E-state index in [4.69, 9.17) is 4.98 Å². The summed E-state index contributed by atoms with van der Waals surface area (Å²) in [6.07, 6.45) is 8.16. The summed E-state index contributed by atoms with van der Waals surface area (Å²) < 4.78 is 2.96. The smallest absolute Gasteiger partial charge is 0.332 e. The summed E-state index contributed by atoms with van der Waals surface area (Å²) >= 11 is 0. The Morgan fingerprint density at radius 1 is 1.07 bits per heavy atom. The summed E-state index contributed by atoms with van der Waals surface area (Å²) in [4.78, 5) is 45.6. The van der Waals surface area contributed by atoms with E-state index in [1.54, 1.807) is 4.57 Å². The van der Waals surface area contributed by atoms with Crippen LogP contribution in [0.4, 0.5) is 0 Å². The van der Waals surface area contributed by atoms with Crippen LogP contribution < -0.4 is 11.2 Å². The van der Waals surface area contributed by atoms with Gasteiger partial charge in [0, 0.05) is 23.9 Å². The largest absolute Gasteiger partial charge is 0.336 e. The normalized spacial score (nSPS) is 27.3. The molecule has 2 heterocycles. The van der Waals surface area contributed by atoms with Gasteiger partial charge in [-0.3, -0.25) is 13.9 Å². The van der Waals surface area contributed by atoms with Crippen molar-refractivity contribution in [3.63, 3.8) is 0 Å². The van der Waals surface area contributed by atoms with Crippen LogP contribution in [0.25, 0.3) is 11.2 Å². The minimum Gasteiger partial charge on any atom is -0.336 e. The minimum atomic E-state index is -0.283. The Labute approximate surface area is 157 Å². The summed E-state index contributed by atoms with van der Waals surface area (Å²) in [5.41, 5.74) is -0.0672. The predicted molar refractivity (Wildman–Crippen MR) is 103 cm³/mol. The molecular formula is C20H28N4O3. The molecule has 2 bridgehead atoms. The zero-order valence-electron chi connectivity index (χ0n) is 16.2. The molecule has 0 amide bonds. The van der Waals surface area contributed by atoms with Gasteiger partial charge in [0.15, 0.2) is 5.65 Å². The van der Waals surface area contributed by atoms with Gasteiger partial charge in [0.1, 0.15) is 17.6 Å². The standard InChI is InChI=1S/C20H28N4O3/c1-3-10-23-15-14(16(26)24(11-4-2)18(23)27)21-17(22-15)20-7-5-6-19(12-20,13-25)8-9-20/h13H,3-12H2,1-2H3,(H,21,22). The number of aromatic nitrogens is 4. The maximum atomic E-state index is 12.9. The lowest BCUT2D eigenvalue weighted by atomic mass is 9.69. The number of aromatic amines is 1. The molecule has 2 aliphatic rings. The Balaban J connectivity index is 1.91. The Hall–Kier alpha value is -2.18. The summed E-state index contributed by atoms with van der Waals surface area (Å²) in [6.45, 7) is 4.91. The molecule has 0 spiro atoms. The first kappa shape index (κ1) is 18.2. The molecule has 2 aliphatic carbocycles. The predicted octanol–water partition coefficient (Wildman–Crippen LogP) is 2.50. The average molecular weight is 372 g/mol. The van der Waals surface area contributed by atoms with Crippen molar-refractivity contribution < 1.29 is 4.79 Å². The van der Waals surface area contributed by atoms with Crippen LogP contribution in [0.1, 0.15) is 71.0 Å². The topological polar surface area (TPSA) is 89.8 Å². The number of aldehydes is 1. The fourth-order valence-electron chi connectivity index (χ4n) is 5.29. The monoisotopic (exact) mass is 372 g/mol. The van der Waals surface area contributed by atoms with Gasteiger partial charge in [-0.05, 0) is 44.9 Å². The quantitative estimate of drug-likeness (QED) is 0.789. The molecule has 0 aromatic carbocycles. The highest BCUT2D eigenvalue weighted by Crippen LogP contribution is 2.57. The number of hydrogen-bond acceptors (Lipinski definition) is 4. The number of fused-ring (bicyclic) bond motifs is 3. The van der Waals surface area contributed by atoms with Crippen molar-refractivity contribution in [3.05, 3.63) is 26.7 Å². The minimum absolute atomic E-state index is 0.173. The van der Waals surface area contributed by atoms with Crippen molar-refractivity contribution in [2.75, 3.05) is 0 Å².